The summed E-state index contributed by atoms with van der Waals surface area (Å²) in [6, 6.07) is 7.56. The van der Waals surface area contributed by atoms with Crippen molar-refractivity contribution < 1.29 is 4.79 Å². The van der Waals surface area contributed by atoms with E-state index in [0.29, 0.717) is 16.4 Å². The summed E-state index contributed by atoms with van der Waals surface area (Å²) < 4.78 is 0. The van der Waals surface area contributed by atoms with Crippen molar-refractivity contribution in [2.45, 2.75) is 6.42 Å². The highest BCUT2D eigenvalue weighted by molar-refractivity contribution is 7.13. The summed E-state index contributed by atoms with van der Waals surface area (Å²) in [5, 5.41) is 4.19. The molecule has 3 aromatic rings. The second kappa shape index (κ2) is 4.78. The highest BCUT2D eigenvalue weighted by atomic mass is 32.1. The lowest BCUT2D eigenvalue weighted by Crippen LogP contribution is -2.05. The van der Waals surface area contributed by atoms with Crippen molar-refractivity contribution >= 4 is 33.0 Å². The van der Waals surface area contributed by atoms with Crippen LogP contribution in [-0.4, -0.2) is 15.8 Å². The topological polar surface area (TPSA) is 68.9 Å². The number of carbonyl (C=O) groups excluding carboxylic acids is 1. The van der Waals surface area contributed by atoms with Crippen molar-refractivity contribution in [1.82, 2.24) is 9.97 Å². The van der Waals surface area contributed by atoms with Gasteiger partial charge in [-0.1, -0.05) is 18.2 Å². The molecule has 0 amide bonds. The first kappa shape index (κ1) is 11.8. The Balaban J connectivity index is 1.97. The maximum atomic E-state index is 12.3. The average Bonchev–Trinajstić information content (AvgIpc) is 2.83. The number of thiazole rings is 1. The van der Waals surface area contributed by atoms with E-state index >= 15 is 0 Å². The number of anilines is 1. The number of fused-ring (bicyclic) bond motifs is 1. The summed E-state index contributed by atoms with van der Waals surface area (Å²) in [5.74, 6) is 0.0314. The predicted molar refractivity (Wildman–Crippen MR) is 76.3 cm³/mol. The molecule has 2 heterocycles. The van der Waals surface area contributed by atoms with Gasteiger partial charge in [0.25, 0.3) is 0 Å². The lowest BCUT2D eigenvalue weighted by molar-refractivity contribution is 0.0993. The Bertz CT molecular complexity index is 746. The first-order chi connectivity index (χ1) is 9.24. The Morgan fingerprint density at radius 2 is 2.21 bits per heavy atom. The third-order valence-corrected chi connectivity index (χ3v) is 3.62. The van der Waals surface area contributed by atoms with E-state index in [9.17, 15) is 4.79 Å². The summed E-state index contributed by atoms with van der Waals surface area (Å²) >= 11 is 1.35. The van der Waals surface area contributed by atoms with Crippen LogP contribution in [-0.2, 0) is 6.42 Å². The zero-order chi connectivity index (χ0) is 13.2. The van der Waals surface area contributed by atoms with E-state index in [4.69, 9.17) is 5.73 Å². The SMILES string of the molecule is Nc1nc(CC(=O)c2cccc3ccncc23)cs1. The molecule has 4 nitrogen and oxygen atoms in total. The van der Waals surface area contributed by atoms with Crippen LogP contribution < -0.4 is 5.73 Å². The van der Waals surface area contributed by atoms with Gasteiger partial charge in [-0.3, -0.25) is 9.78 Å². The minimum absolute atomic E-state index is 0.0314. The monoisotopic (exact) mass is 269 g/mol. The largest absolute Gasteiger partial charge is 0.375 e. The molecule has 0 aliphatic carbocycles. The molecule has 2 aromatic heterocycles. The Kier molecular flexibility index (Phi) is 2.97. The molecule has 0 bridgehead atoms. The summed E-state index contributed by atoms with van der Waals surface area (Å²) in [4.78, 5) is 20.5. The summed E-state index contributed by atoms with van der Waals surface area (Å²) in [6.45, 7) is 0. The quantitative estimate of drug-likeness (QED) is 0.742. The van der Waals surface area contributed by atoms with Crippen molar-refractivity contribution in [3.8, 4) is 0 Å². The zero-order valence-corrected chi connectivity index (χ0v) is 10.9. The molecule has 5 heteroatoms. The average molecular weight is 269 g/mol. The molecule has 19 heavy (non-hydrogen) atoms. The van der Waals surface area contributed by atoms with Crippen LogP contribution in [0.2, 0.25) is 0 Å². The highest BCUT2D eigenvalue weighted by Gasteiger charge is 2.12. The molecule has 0 fully saturated rings. The van der Waals surface area contributed by atoms with Gasteiger partial charge in [-0.25, -0.2) is 4.98 Å². The van der Waals surface area contributed by atoms with E-state index in [1.54, 1.807) is 12.4 Å². The number of nitrogen functional groups attached to an aromatic ring is 1. The van der Waals surface area contributed by atoms with E-state index in [1.165, 1.54) is 11.3 Å². The Morgan fingerprint density at radius 1 is 1.32 bits per heavy atom. The summed E-state index contributed by atoms with van der Waals surface area (Å²) in [7, 11) is 0. The summed E-state index contributed by atoms with van der Waals surface area (Å²) in [5.41, 5.74) is 6.96. The van der Waals surface area contributed by atoms with E-state index in [1.807, 2.05) is 29.6 Å². The molecule has 0 unspecified atom stereocenters. The van der Waals surface area contributed by atoms with Crippen molar-refractivity contribution in [1.29, 1.82) is 0 Å². The molecule has 0 aliphatic rings. The molecule has 0 atom stereocenters. The van der Waals surface area contributed by atoms with Crippen LogP contribution in [0.15, 0.2) is 42.0 Å². The number of aromatic nitrogens is 2. The molecule has 0 spiro atoms. The molecule has 0 saturated carbocycles. The number of Topliss-reactive ketones (excluding diaryl/α,β-unsaturated/α-hetero) is 1. The third kappa shape index (κ3) is 2.32. The molecule has 94 valence electrons. The Hall–Kier alpha value is -2.27. The number of hydrogen-bond donors (Lipinski definition) is 1. The maximum Gasteiger partial charge on any atom is 0.180 e. The van der Waals surface area contributed by atoms with Gasteiger partial charge in [-0.15, -0.1) is 11.3 Å². The van der Waals surface area contributed by atoms with Gasteiger partial charge >= 0.3 is 0 Å². The standard InChI is InChI=1S/C14H11N3OS/c15-14-17-10(8-19-14)6-13(18)11-3-1-2-9-4-5-16-7-12(9)11/h1-5,7-8H,6H2,(H2,15,17). The minimum Gasteiger partial charge on any atom is -0.375 e. The van der Waals surface area contributed by atoms with E-state index in [2.05, 4.69) is 9.97 Å². The van der Waals surface area contributed by atoms with Gasteiger partial charge in [0.1, 0.15) is 0 Å². The molecule has 3 rings (SSSR count). The predicted octanol–water partition coefficient (Wildman–Crippen LogP) is 2.70. The second-order valence-corrected chi connectivity index (χ2v) is 5.07. The second-order valence-electron chi connectivity index (χ2n) is 4.18. The van der Waals surface area contributed by atoms with Crippen LogP contribution in [0.4, 0.5) is 5.13 Å². The highest BCUT2D eigenvalue weighted by Crippen LogP contribution is 2.20. The lowest BCUT2D eigenvalue weighted by Gasteiger charge is -2.04. The number of pyridine rings is 1. The van der Waals surface area contributed by atoms with Crippen molar-refractivity contribution in [2.24, 2.45) is 0 Å². The van der Waals surface area contributed by atoms with E-state index < -0.39 is 0 Å². The fraction of sp³-hybridized carbons (Fsp3) is 0.0714. The van der Waals surface area contributed by atoms with E-state index in [-0.39, 0.29) is 12.2 Å². The Morgan fingerprint density at radius 3 is 3.00 bits per heavy atom. The fourth-order valence-corrected chi connectivity index (χ4v) is 2.58. The molecule has 0 aliphatic heterocycles. The number of carbonyl (C=O) groups is 1. The van der Waals surface area contributed by atoms with Gasteiger partial charge in [-0.05, 0) is 11.5 Å². The third-order valence-electron chi connectivity index (χ3n) is 2.90. The van der Waals surface area contributed by atoms with Crippen LogP contribution in [0.5, 0.6) is 0 Å². The van der Waals surface area contributed by atoms with Crippen LogP contribution >= 0.6 is 11.3 Å². The molecular weight excluding hydrogens is 258 g/mol. The van der Waals surface area contributed by atoms with Gasteiger partial charge in [-0.2, -0.15) is 0 Å². The first-order valence-corrected chi connectivity index (χ1v) is 6.68. The van der Waals surface area contributed by atoms with Crippen LogP contribution in [0.25, 0.3) is 10.8 Å². The van der Waals surface area contributed by atoms with Crippen molar-refractivity contribution in [2.75, 3.05) is 5.73 Å². The van der Waals surface area contributed by atoms with Crippen LogP contribution in [0.1, 0.15) is 16.1 Å². The zero-order valence-electron chi connectivity index (χ0n) is 10.0. The Labute approximate surface area is 113 Å². The maximum absolute atomic E-state index is 12.3. The normalized spacial score (nSPS) is 10.7. The van der Waals surface area contributed by atoms with Gasteiger partial charge in [0.2, 0.25) is 0 Å². The smallest absolute Gasteiger partial charge is 0.180 e. The van der Waals surface area contributed by atoms with E-state index in [0.717, 1.165) is 10.8 Å². The van der Waals surface area contributed by atoms with Gasteiger partial charge in [0.15, 0.2) is 10.9 Å². The molecule has 2 N–H and O–H groups in total. The summed E-state index contributed by atoms with van der Waals surface area (Å²) in [6.07, 6.45) is 3.71. The molecule has 1 aromatic carbocycles. The molecule has 0 radical (unpaired) electrons. The number of nitrogens with zero attached hydrogens (tertiary/aromatic N) is 2. The molecular formula is C14H11N3OS. The van der Waals surface area contributed by atoms with Gasteiger partial charge < -0.3 is 5.73 Å². The van der Waals surface area contributed by atoms with Crippen molar-refractivity contribution in [3.63, 3.8) is 0 Å². The fourth-order valence-electron chi connectivity index (χ4n) is 2.02. The van der Waals surface area contributed by atoms with Gasteiger partial charge in [0, 0.05) is 28.7 Å². The number of benzene rings is 1. The number of hydrogen-bond acceptors (Lipinski definition) is 5. The lowest BCUT2D eigenvalue weighted by atomic mass is 10.0. The minimum atomic E-state index is 0.0314. The van der Waals surface area contributed by atoms with Gasteiger partial charge in [0.05, 0.1) is 12.1 Å². The number of nitrogens with two attached hydrogens (primary N) is 1. The first-order valence-electron chi connectivity index (χ1n) is 5.80. The van der Waals surface area contributed by atoms with Crippen LogP contribution in [0, 0.1) is 0 Å². The van der Waals surface area contributed by atoms with Crippen LogP contribution in [0.3, 0.4) is 0 Å². The van der Waals surface area contributed by atoms with Crippen molar-refractivity contribution in [3.05, 3.63) is 53.3 Å². The number of ketones is 1. The number of rotatable bonds is 3. The molecule has 0 saturated heterocycles.